The van der Waals surface area contributed by atoms with E-state index in [4.69, 9.17) is 21.1 Å². The molecule has 9 nitrogen and oxygen atoms in total. The van der Waals surface area contributed by atoms with E-state index in [1.54, 1.807) is 45.2 Å². The number of likely N-dealkylation sites (N-methyl/N-ethyl adjacent to an activating group) is 1. The Morgan fingerprint density at radius 3 is 2.24 bits per heavy atom. The fourth-order valence-electron chi connectivity index (χ4n) is 3.26. The van der Waals surface area contributed by atoms with E-state index in [0.29, 0.717) is 18.0 Å². The maximum absolute atomic E-state index is 13.4. The van der Waals surface area contributed by atoms with Crippen molar-refractivity contribution in [3.05, 3.63) is 53.1 Å². The highest BCUT2D eigenvalue weighted by molar-refractivity contribution is 7.92. The summed E-state index contributed by atoms with van der Waals surface area (Å²) in [5.74, 6) is 0.129. The number of rotatable bonds is 11. The topological polar surface area (TPSA) is 105 Å². The van der Waals surface area contributed by atoms with Gasteiger partial charge in [0.1, 0.15) is 24.1 Å². The number of nitrogens with one attached hydrogen (secondary N) is 1. The van der Waals surface area contributed by atoms with Crippen molar-refractivity contribution >= 4 is 39.1 Å². The highest BCUT2D eigenvalue weighted by Gasteiger charge is 2.30. The number of ether oxygens (including phenoxy) is 2. The third-order valence-corrected chi connectivity index (χ3v) is 6.57. The Bertz CT molecular complexity index is 1110. The fourth-order valence-corrected chi connectivity index (χ4v) is 4.35. The van der Waals surface area contributed by atoms with Gasteiger partial charge in [-0.05, 0) is 49.7 Å². The normalized spacial score (nSPS) is 11.9. The Morgan fingerprint density at radius 1 is 1.09 bits per heavy atom. The molecule has 0 bridgehead atoms. The van der Waals surface area contributed by atoms with E-state index < -0.39 is 28.5 Å². The van der Waals surface area contributed by atoms with Gasteiger partial charge in [0.05, 0.1) is 31.2 Å². The standard InChI is InChI=1S/C23H30ClN3O6S/c1-6-25-23(29)16(2)26(14-17-7-10-19(32-3)11-8-17)22(28)15-27(34(5,30)31)18-9-12-21(33-4)20(24)13-18/h7-13,16H,6,14-15H2,1-5H3,(H,25,29). The number of methoxy groups -OCH3 is 2. The van der Waals surface area contributed by atoms with Crippen LogP contribution in [0.25, 0.3) is 0 Å². The number of anilines is 1. The predicted molar refractivity (Wildman–Crippen MR) is 132 cm³/mol. The summed E-state index contributed by atoms with van der Waals surface area (Å²) < 4.78 is 36.4. The van der Waals surface area contributed by atoms with Gasteiger partial charge in [-0.3, -0.25) is 13.9 Å². The van der Waals surface area contributed by atoms with Crippen LogP contribution in [0.15, 0.2) is 42.5 Å². The smallest absolute Gasteiger partial charge is 0.244 e. The van der Waals surface area contributed by atoms with E-state index in [2.05, 4.69) is 5.32 Å². The summed E-state index contributed by atoms with van der Waals surface area (Å²) in [5, 5.41) is 2.90. The van der Waals surface area contributed by atoms with Crippen molar-refractivity contribution in [2.75, 3.05) is 37.9 Å². The lowest BCUT2D eigenvalue weighted by Gasteiger charge is -2.31. The third-order valence-electron chi connectivity index (χ3n) is 5.13. The number of hydrogen-bond donors (Lipinski definition) is 1. The molecule has 2 aromatic rings. The predicted octanol–water partition coefficient (Wildman–Crippen LogP) is 2.68. The van der Waals surface area contributed by atoms with Crippen LogP contribution in [0.4, 0.5) is 5.69 Å². The molecule has 2 aromatic carbocycles. The highest BCUT2D eigenvalue weighted by Crippen LogP contribution is 2.30. The van der Waals surface area contributed by atoms with E-state index in [0.717, 1.165) is 16.1 Å². The molecule has 0 radical (unpaired) electrons. The van der Waals surface area contributed by atoms with Crippen molar-refractivity contribution < 1.29 is 27.5 Å². The zero-order valence-corrected chi connectivity index (χ0v) is 21.4. The molecular weight excluding hydrogens is 482 g/mol. The summed E-state index contributed by atoms with van der Waals surface area (Å²) in [6, 6.07) is 10.6. The van der Waals surface area contributed by atoms with E-state index in [9.17, 15) is 18.0 Å². The van der Waals surface area contributed by atoms with Gasteiger partial charge in [0.2, 0.25) is 21.8 Å². The van der Waals surface area contributed by atoms with Crippen molar-refractivity contribution in [3.8, 4) is 11.5 Å². The molecule has 186 valence electrons. The Morgan fingerprint density at radius 2 is 1.74 bits per heavy atom. The van der Waals surface area contributed by atoms with Gasteiger partial charge in [0.25, 0.3) is 0 Å². The first-order valence-electron chi connectivity index (χ1n) is 10.5. The van der Waals surface area contributed by atoms with Crippen molar-refractivity contribution in [3.63, 3.8) is 0 Å². The van der Waals surface area contributed by atoms with Crippen molar-refractivity contribution in [1.82, 2.24) is 10.2 Å². The molecule has 0 aliphatic rings. The van der Waals surface area contributed by atoms with Gasteiger partial charge in [-0.1, -0.05) is 23.7 Å². The Hall–Kier alpha value is -2.98. The van der Waals surface area contributed by atoms with Crippen molar-refractivity contribution in [1.29, 1.82) is 0 Å². The second kappa shape index (κ2) is 11.9. The molecule has 11 heteroatoms. The van der Waals surface area contributed by atoms with E-state index in [-0.39, 0.29) is 23.2 Å². The zero-order chi connectivity index (χ0) is 25.5. The molecule has 1 N–H and O–H groups in total. The molecule has 0 heterocycles. The first-order valence-corrected chi connectivity index (χ1v) is 12.8. The molecule has 2 amide bonds. The van der Waals surface area contributed by atoms with Gasteiger partial charge in [-0.2, -0.15) is 0 Å². The van der Waals surface area contributed by atoms with Crippen LogP contribution in [-0.4, -0.2) is 64.7 Å². The first kappa shape index (κ1) is 27.3. The Kier molecular flexibility index (Phi) is 9.57. The lowest BCUT2D eigenvalue weighted by atomic mass is 10.1. The van der Waals surface area contributed by atoms with E-state index in [1.165, 1.54) is 30.2 Å². The second-order valence-electron chi connectivity index (χ2n) is 7.53. The third kappa shape index (κ3) is 7.01. The van der Waals surface area contributed by atoms with Crippen LogP contribution >= 0.6 is 11.6 Å². The maximum Gasteiger partial charge on any atom is 0.244 e. The van der Waals surface area contributed by atoms with Gasteiger partial charge in [0, 0.05) is 13.1 Å². The number of halogens is 1. The zero-order valence-electron chi connectivity index (χ0n) is 19.9. The number of benzene rings is 2. The molecule has 34 heavy (non-hydrogen) atoms. The monoisotopic (exact) mass is 511 g/mol. The molecule has 0 aliphatic heterocycles. The van der Waals surface area contributed by atoms with E-state index in [1.807, 2.05) is 0 Å². The lowest BCUT2D eigenvalue weighted by molar-refractivity contribution is -0.139. The van der Waals surface area contributed by atoms with Crippen molar-refractivity contribution in [2.24, 2.45) is 0 Å². The summed E-state index contributed by atoms with van der Waals surface area (Å²) in [4.78, 5) is 27.3. The summed E-state index contributed by atoms with van der Waals surface area (Å²) in [6.45, 7) is 3.36. The fraction of sp³-hybridized carbons (Fsp3) is 0.391. The van der Waals surface area contributed by atoms with Crippen molar-refractivity contribution in [2.45, 2.75) is 26.4 Å². The van der Waals surface area contributed by atoms with Gasteiger partial charge < -0.3 is 19.7 Å². The number of carbonyl (C=O) groups excluding carboxylic acids is 2. The number of amides is 2. The highest BCUT2D eigenvalue weighted by atomic mass is 35.5. The number of sulfonamides is 1. The lowest BCUT2D eigenvalue weighted by Crippen LogP contribution is -2.51. The molecule has 1 unspecified atom stereocenters. The van der Waals surface area contributed by atoms with Gasteiger partial charge in [-0.15, -0.1) is 0 Å². The summed E-state index contributed by atoms with van der Waals surface area (Å²) in [6.07, 6.45) is 0.999. The summed E-state index contributed by atoms with van der Waals surface area (Å²) >= 11 is 6.18. The molecule has 0 spiro atoms. The molecule has 2 rings (SSSR count). The second-order valence-corrected chi connectivity index (χ2v) is 9.84. The van der Waals surface area contributed by atoms with Crippen LogP contribution in [0, 0.1) is 0 Å². The molecule has 0 saturated carbocycles. The van der Waals surface area contributed by atoms with Crippen LogP contribution < -0.4 is 19.1 Å². The van der Waals surface area contributed by atoms with Crippen LogP contribution in [-0.2, 0) is 26.2 Å². The minimum absolute atomic E-state index is 0.0993. The van der Waals surface area contributed by atoms with Crippen LogP contribution in [0.3, 0.4) is 0 Å². The Labute approximate surface area is 205 Å². The van der Waals surface area contributed by atoms with Gasteiger partial charge in [0.15, 0.2) is 0 Å². The minimum Gasteiger partial charge on any atom is -0.497 e. The first-order chi connectivity index (χ1) is 16.0. The van der Waals surface area contributed by atoms with Gasteiger partial charge >= 0.3 is 0 Å². The SMILES string of the molecule is CCNC(=O)C(C)N(Cc1ccc(OC)cc1)C(=O)CN(c1ccc(OC)c(Cl)c1)S(C)(=O)=O. The van der Waals surface area contributed by atoms with Crippen LogP contribution in [0.5, 0.6) is 11.5 Å². The summed E-state index contributed by atoms with van der Waals surface area (Å²) in [5.41, 5.74) is 0.959. The molecular formula is C23H30ClN3O6S. The quantitative estimate of drug-likeness (QED) is 0.497. The number of nitrogens with zero attached hydrogens (tertiary/aromatic N) is 2. The molecule has 0 saturated heterocycles. The molecule has 0 aromatic heterocycles. The van der Waals surface area contributed by atoms with Crippen LogP contribution in [0.1, 0.15) is 19.4 Å². The molecule has 1 atom stereocenters. The largest absolute Gasteiger partial charge is 0.497 e. The number of carbonyl (C=O) groups is 2. The van der Waals surface area contributed by atoms with Crippen LogP contribution in [0.2, 0.25) is 5.02 Å². The number of hydrogen-bond acceptors (Lipinski definition) is 6. The molecule has 0 fully saturated rings. The Balaban J connectivity index is 2.39. The minimum atomic E-state index is -3.85. The average Bonchev–Trinajstić information content (AvgIpc) is 2.80. The maximum atomic E-state index is 13.4. The average molecular weight is 512 g/mol. The summed E-state index contributed by atoms with van der Waals surface area (Å²) in [7, 11) is -0.860. The van der Waals surface area contributed by atoms with E-state index >= 15 is 0 Å². The van der Waals surface area contributed by atoms with Gasteiger partial charge in [-0.25, -0.2) is 8.42 Å². The molecule has 0 aliphatic carbocycles.